The van der Waals surface area contributed by atoms with Gasteiger partial charge in [-0.1, -0.05) is 6.07 Å². The molecule has 0 N–H and O–H groups in total. The van der Waals surface area contributed by atoms with E-state index in [-0.39, 0.29) is 16.6 Å². The zero-order valence-electron chi connectivity index (χ0n) is 7.06. The SMILES string of the molecule is Cc1ccc2nonc2c1S(=O)(=O)F. The van der Waals surface area contributed by atoms with E-state index >= 15 is 0 Å². The lowest BCUT2D eigenvalue weighted by Gasteiger charge is -1.98. The summed E-state index contributed by atoms with van der Waals surface area (Å²) in [6.45, 7) is 1.47. The van der Waals surface area contributed by atoms with Crippen LogP contribution in [0.5, 0.6) is 0 Å². The first-order valence-electron chi connectivity index (χ1n) is 3.66. The van der Waals surface area contributed by atoms with E-state index in [1.165, 1.54) is 19.1 Å². The van der Waals surface area contributed by atoms with Crippen molar-refractivity contribution in [2.45, 2.75) is 11.8 Å². The molecule has 0 saturated carbocycles. The van der Waals surface area contributed by atoms with Crippen LogP contribution in [-0.4, -0.2) is 18.7 Å². The van der Waals surface area contributed by atoms with Gasteiger partial charge in [-0.3, -0.25) is 0 Å². The molecule has 0 aliphatic carbocycles. The number of nitrogens with zero attached hydrogens (tertiary/aromatic N) is 2. The molecule has 0 bridgehead atoms. The van der Waals surface area contributed by atoms with Crippen molar-refractivity contribution in [2.75, 3.05) is 0 Å². The van der Waals surface area contributed by atoms with E-state index in [1.54, 1.807) is 0 Å². The van der Waals surface area contributed by atoms with E-state index in [1.807, 2.05) is 0 Å². The molecule has 0 radical (unpaired) electrons. The normalized spacial score (nSPS) is 12.1. The predicted octanol–water partition coefficient (Wildman–Crippen LogP) is 1.19. The van der Waals surface area contributed by atoms with Crippen molar-refractivity contribution in [2.24, 2.45) is 0 Å². The lowest BCUT2D eigenvalue weighted by atomic mass is 10.2. The highest BCUT2D eigenvalue weighted by Crippen LogP contribution is 2.25. The standard InChI is InChI=1S/C7H5FN2O3S/c1-4-2-3-5-6(10-13-9-5)7(4)14(8,11)12/h2-3H,1H3. The van der Waals surface area contributed by atoms with Crippen LogP contribution in [0.15, 0.2) is 21.7 Å². The minimum absolute atomic E-state index is 0.0764. The minimum atomic E-state index is -4.79. The van der Waals surface area contributed by atoms with Crippen molar-refractivity contribution in [3.63, 3.8) is 0 Å². The predicted molar refractivity (Wildman–Crippen MR) is 44.8 cm³/mol. The van der Waals surface area contributed by atoms with Crippen molar-refractivity contribution in [1.82, 2.24) is 10.3 Å². The number of aromatic nitrogens is 2. The topological polar surface area (TPSA) is 73.1 Å². The molecule has 0 aliphatic heterocycles. The fourth-order valence-corrected chi connectivity index (χ4v) is 2.06. The van der Waals surface area contributed by atoms with Crippen LogP contribution in [0.3, 0.4) is 0 Å². The summed E-state index contributed by atoms with van der Waals surface area (Å²) in [5.74, 6) is 0. The Bertz CT molecular complexity index is 590. The Kier molecular flexibility index (Phi) is 1.78. The molecule has 0 saturated heterocycles. The monoisotopic (exact) mass is 216 g/mol. The zero-order chi connectivity index (χ0) is 10.3. The molecule has 1 heterocycles. The van der Waals surface area contributed by atoms with Gasteiger partial charge >= 0.3 is 10.2 Å². The first kappa shape index (κ1) is 9.07. The molecule has 7 heteroatoms. The van der Waals surface area contributed by atoms with Crippen LogP contribution in [0.2, 0.25) is 0 Å². The summed E-state index contributed by atoms with van der Waals surface area (Å²) < 4.78 is 38.8. The third-order valence-electron chi connectivity index (χ3n) is 1.82. The fourth-order valence-electron chi connectivity index (χ4n) is 1.24. The van der Waals surface area contributed by atoms with E-state index < -0.39 is 15.1 Å². The maximum absolute atomic E-state index is 12.9. The van der Waals surface area contributed by atoms with Crippen LogP contribution < -0.4 is 0 Å². The summed E-state index contributed by atoms with van der Waals surface area (Å²) in [5.41, 5.74) is 0.412. The van der Waals surface area contributed by atoms with E-state index in [2.05, 4.69) is 14.9 Å². The van der Waals surface area contributed by atoms with Gasteiger partial charge in [0.15, 0.2) is 5.52 Å². The number of fused-ring (bicyclic) bond motifs is 1. The van der Waals surface area contributed by atoms with Crippen LogP contribution >= 0.6 is 0 Å². The molecule has 0 amide bonds. The molecule has 1 aromatic heterocycles. The van der Waals surface area contributed by atoms with Crippen molar-refractivity contribution in [1.29, 1.82) is 0 Å². The van der Waals surface area contributed by atoms with Crippen LogP contribution in [0.1, 0.15) is 5.56 Å². The maximum atomic E-state index is 12.9. The Hall–Kier alpha value is -1.50. The van der Waals surface area contributed by atoms with Gasteiger partial charge in [0.05, 0.1) is 0 Å². The average molecular weight is 216 g/mol. The number of benzene rings is 1. The summed E-state index contributed by atoms with van der Waals surface area (Å²) in [6.07, 6.45) is 0. The average Bonchev–Trinajstić information content (AvgIpc) is 2.48. The van der Waals surface area contributed by atoms with Crippen LogP contribution in [0.25, 0.3) is 11.0 Å². The van der Waals surface area contributed by atoms with Gasteiger partial charge in [0, 0.05) is 0 Å². The quantitative estimate of drug-likeness (QED) is 0.669. The number of hydrogen-bond acceptors (Lipinski definition) is 5. The molecule has 74 valence electrons. The van der Waals surface area contributed by atoms with Gasteiger partial charge in [0.25, 0.3) is 0 Å². The molecule has 14 heavy (non-hydrogen) atoms. The number of halogens is 1. The van der Waals surface area contributed by atoms with Gasteiger partial charge in [-0.25, -0.2) is 4.63 Å². The second-order valence-electron chi connectivity index (χ2n) is 2.78. The Morgan fingerprint density at radius 2 is 2.07 bits per heavy atom. The second kappa shape index (κ2) is 2.74. The van der Waals surface area contributed by atoms with Gasteiger partial charge in [-0.15, -0.1) is 3.89 Å². The van der Waals surface area contributed by atoms with Crippen LogP contribution in [0.4, 0.5) is 3.89 Å². The Morgan fingerprint density at radius 1 is 1.36 bits per heavy atom. The molecular weight excluding hydrogens is 211 g/mol. The molecule has 2 rings (SSSR count). The van der Waals surface area contributed by atoms with Crippen molar-refractivity contribution >= 4 is 21.3 Å². The molecule has 1 aromatic carbocycles. The second-order valence-corrected chi connectivity index (χ2v) is 4.07. The smallest absolute Gasteiger partial charge is 0.243 e. The van der Waals surface area contributed by atoms with Gasteiger partial charge < -0.3 is 0 Å². The molecule has 0 atom stereocenters. The minimum Gasteiger partial charge on any atom is -0.243 e. The van der Waals surface area contributed by atoms with E-state index in [0.717, 1.165) is 0 Å². The number of hydrogen-bond donors (Lipinski definition) is 0. The lowest BCUT2D eigenvalue weighted by molar-refractivity contribution is 0.315. The first-order chi connectivity index (χ1) is 6.50. The highest BCUT2D eigenvalue weighted by atomic mass is 32.3. The maximum Gasteiger partial charge on any atom is 0.334 e. The Morgan fingerprint density at radius 3 is 2.71 bits per heavy atom. The van der Waals surface area contributed by atoms with Gasteiger partial charge in [-0.05, 0) is 28.9 Å². The van der Waals surface area contributed by atoms with Crippen molar-refractivity contribution < 1.29 is 16.9 Å². The molecule has 0 aliphatic rings. The van der Waals surface area contributed by atoms with Gasteiger partial charge in [-0.2, -0.15) is 8.42 Å². The summed E-state index contributed by atoms with van der Waals surface area (Å²) >= 11 is 0. The highest BCUT2D eigenvalue weighted by molar-refractivity contribution is 7.86. The first-order valence-corrected chi connectivity index (χ1v) is 5.05. The van der Waals surface area contributed by atoms with Crippen molar-refractivity contribution in [3.05, 3.63) is 17.7 Å². The van der Waals surface area contributed by atoms with Crippen LogP contribution in [-0.2, 0) is 10.2 Å². The molecule has 2 aromatic rings. The number of aryl methyl sites for hydroxylation is 1. The summed E-state index contributed by atoms with van der Waals surface area (Å²) in [5, 5.41) is 6.76. The summed E-state index contributed by atoms with van der Waals surface area (Å²) in [7, 11) is -4.79. The number of rotatable bonds is 1. The Balaban J connectivity index is 2.98. The fraction of sp³-hybridized carbons (Fsp3) is 0.143. The zero-order valence-corrected chi connectivity index (χ0v) is 7.88. The third kappa shape index (κ3) is 1.25. The molecule has 0 spiro atoms. The summed E-state index contributed by atoms with van der Waals surface area (Å²) in [4.78, 5) is -0.476. The van der Waals surface area contributed by atoms with E-state index in [9.17, 15) is 12.3 Å². The van der Waals surface area contributed by atoms with Crippen LogP contribution in [0, 0.1) is 6.92 Å². The molecule has 0 unspecified atom stereocenters. The van der Waals surface area contributed by atoms with Gasteiger partial charge in [0.1, 0.15) is 10.4 Å². The molecule has 5 nitrogen and oxygen atoms in total. The molecular formula is C7H5FN2O3S. The lowest BCUT2D eigenvalue weighted by Crippen LogP contribution is -1.96. The van der Waals surface area contributed by atoms with E-state index in [0.29, 0.717) is 0 Å². The van der Waals surface area contributed by atoms with E-state index in [4.69, 9.17) is 0 Å². The summed E-state index contributed by atoms with van der Waals surface area (Å²) in [6, 6.07) is 2.95. The van der Waals surface area contributed by atoms with Crippen molar-refractivity contribution in [3.8, 4) is 0 Å². The Labute approximate surface area is 78.7 Å². The molecule has 0 fully saturated rings. The largest absolute Gasteiger partial charge is 0.334 e. The third-order valence-corrected chi connectivity index (χ3v) is 2.83. The highest BCUT2D eigenvalue weighted by Gasteiger charge is 2.22. The van der Waals surface area contributed by atoms with Gasteiger partial charge in [0.2, 0.25) is 0 Å².